The second-order valence-electron chi connectivity index (χ2n) is 4.33. The number of carbonyl (C=O) groups is 1. The third-order valence-corrected chi connectivity index (χ3v) is 2.78. The lowest BCUT2D eigenvalue weighted by molar-refractivity contribution is -0.137. The lowest BCUT2D eigenvalue weighted by atomic mass is 10.2. The minimum Gasteiger partial charge on any atom is -0.508 e. The van der Waals surface area contributed by atoms with Gasteiger partial charge in [0, 0.05) is 12.5 Å². The predicted molar refractivity (Wildman–Crippen MR) is 78.2 cm³/mol. The Morgan fingerprint density at radius 1 is 1.05 bits per heavy atom. The van der Waals surface area contributed by atoms with Crippen LogP contribution in [0.2, 0.25) is 0 Å². The van der Waals surface area contributed by atoms with Crippen LogP contribution in [0.3, 0.4) is 0 Å². The summed E-state index contributed by atoms with van der Waals surface area (Å²) in [4.78, 5) is 11.5. The lowest BCUT2D eigenvalue weighted by Gasteiger charge is -2.02. The zero-order chi connectivity index (χ0) is 14.2. The highest BCUT2D eigenvalue weighted by atomic mass is 16.5. The summed E-state index contributed by atoms with van der Waals surface area (Å²) in [7, 11) is 0. The molecule has 1 N–H and O–H groups in total. The third-order valence-electron chi connectivity index (χ3n) is 2.78. The Morgan fingerprint density at radius 3 is 2.45 bits per heavy atom. The Labute approximate surface area is 118 Å². The van der Waals surface area contributed by atoms with E-state index in [0.29, 0.717) is 13.0 Å². The summed E-state index contributed by atoms with van der Waals surface area (Å²) in [6.45, 7) is 0.364. The molecule has 20 heavy (non-hydrogen) atoms. The van der Waals surface area contributed by atoms with Crippen molar-refractivity contribution in [3.05, 3.63) is 71.8 Å². The monoisotopic (exact) mass is 268 g/mol. The fourth-order valence-corrected chi connectivity index (χ4v) is 1.71. The van der Waals surface area contributed by atoms with E-state index >= 15 is 0 Å². The number of phenolic OH excluding ortho intramolecular Hbond substituents is 1. The molecule has 0 atom stereocenters. The van der Waals surface area contributed by atoms with Crippen molar-refractivity contribution in [2.24, 2.45) is 0 Å². The van der Waals surface area contributed by atoms with Crippen molar-refractivity contribution in [3.63, 3.8) is 0 Å². The normalized spacial score (nSPS) is 10.6. The zero-order valence-electron chi connectivity index (χ0n) is 11.0. The first-order valence-corrected chi connectivity index (χ1v) is 6.42. The topological polar surface area (TPSA) is 46.5 Å². The van der Waals surface area contributed by atoms with E-state index in [1.165, 1.54) is 6.08 Å². The fourth-order valence-electron chi connectivity index (χ4n) is 1.71. The van der Waals surface area contributed by atoms with Gasteiger partial charge < -0.3 is 9.84 Å². The summed E-state index contributed by atoms with van der Waals surface area (Å²) < 4.78 is 5.12. The first-order chi connectivity index (χ1) is 9.74. The number of phenols is 1. The van der Waals surface area contributed by atoms with Crippen molar-refractivity contribution in [3.8, 4) is 5.75 Å². The molecule has 3 heteroatoms. The number of hydrogen-bond donors (Lipinski definition) is 1. The van der Waals surface area contributed by atoms with Crippen molar-refractivity contribution in [1.29, 1.82) is 0 Å². The van der Waals surface area contributed by atoms with Gasteiger partial charge in [-0.3, -0.25) is 0 Å². The van der Waals surface area contributed by atoms with E-state index in [1.807, 2.05) is 30.3 Å². The second kappa shape index (κ2) is 7.14. The van der Waals surface area contributed by atoms with Gasteiger partial charge in [-0.2, -0.15) is 0 Å². The Hall–Kier alpha value is -2.55. The van der Waals surface area contributed by atoms with E-state index in [1.54, 1.807) is 30.3 Å². The number of carbonyl (C=O) groups excluding carboxylic acids is 1. The first-order valence-electron chi connectivity index (χ1n) is 6.42. The molecule has 0 fully saturated rings. The SMILES string of the molecule is O=C(/C=C/c1ccc(O)cc1)OCCc1ccccc1. The van der Waals surface area contributed by atoms with Crippen molar-refractivity contribution in [1.82, 2.24) is 0 Å². The maximum atomic E-state index is 11.5. The molecule has 0 saturated heterocycles. The van der Waals surface area contributed by atoms with Crippen LogP contribution < -0.4 is 0 Å². The molecule has 0 bridgehead atoms. The predicted octanol–water partition coefficient (Wildman–Crippen LogP) is 3.19. The molecule has 0 radical (unpaired) electrons. The van der Waals surface area contributed by atoms with Crippen LogP contribution in [0.15, 0.2) is 60.7 Å². The molecule has 0 saturated carbocycles. The van der Waals surface area contributed by atoms with Gasteiger partial charge >= 0.3 is 5.97 Å². The van der Waals surface area contributed by atoms with Gasteiger partial charge in [-0.15, -0.1) is 0 Å². The van der Waals surface area contributed by atoms with Crippen molar-refractivity contribution >= 4 is 12.0 Å². The highest BCUT2D eigenvalue weighted by molar-refractivity contribution is 5.87. The van der Waals surface area contributed by atoms with Crippen LogP contribution in [0.25, 0.3) is 6.08 Å². The van der Waals surface area contributed by atoms with Crippen LogP contribution in [-0.4, -0.2) is 17.7 Å². The van der Waals surface area contributed by atoms with E-state index in [-0.39, 0.29) is 11.7 Å². The molecule has 0 aromatic heterocycles. The van der Waals surface area contributed by atoms with Crippen LogP contribution in [0.5, 0.6) is 5.75 Å². The molecule has 2 aromatic carbocycles. The number of esters is 1. The van der Waals surface area contributed by atoms with E-state index < -0.39 is 0 Å². The molecule has 0 aliphatic heterocycles. The lowest BCUT2D eigenvalue weighted by Crippen LogP contribution is -2.04. The summed E-state index contributed by atoms with van der Waals surface area (Å²) in [5.41, 5.74) is 1.98. The van der Waals surface area contributed by atoms with Crippen molar-refractivity contribution < 1.29 is 14.6 Å². The quantitative estimate of drug-likeness (QED) is 0.669. The highest BCUT2D eigenvalue weighted by Crippen LogP contribution is 2.10. The van der Waals surface area contributed by atoms with Gasteiger partial charge in [0.25, 0.3) is 0 Å². The van der Waals surface area contributed by atoms with Crippen LogP contribution in [0, 0.1) is 0 Å². The average molecular weight is 268 g/mol. The Bertz CT molecular complexity index is 571. The largest absolute Gasteiger partial charge is 0.508 e. The summed E-state index contributed by atoms with van der Waals surface area (Å²) >= 11 is 0. The van der Waals surface area contributed by atoms with Crippen molar-refractivity contribution in [2.75, 3.05) is 6.61 Å². The molecular weight excluding hydrogens is 252 g/mol. The van der Waals surface area contributed by atoms with Gasteiger partial charge in [0.1, 0.15) is 5.75 Å². The number of hydrogen-bond acceptors (Lipinski definition) is 3. The molecule has 0 unspecified atom stereocenters. The standard InChI is InChI=1S/C17H16O3/c18-16-9-6-15(7-10-16)8-11-17(19)20-13-12-14-4-2-1-3-5-14/h1-11,18H,12-13H2/b11-8+. The van der Waals surface area contributed by atoms with Gasteiger partial charge in [-0.05, 0) is 29.3 Å². The molecule has 0 heterocycles. The summed E-state index contributed by atoms with van der Waals surface area (Å²) in [6.07, 6.45) is 3.75. The average Bonchev–Trinajstić information content (AvgIpc) is 2.48. The minimum atomic E-state index is -0.367. The maximum Gasteiger partial charge on any atom is 0.330 e. The molecule has 3 nitrogen and oxygen atoms in total. The van der Waals surface area contributed by atoms with Gasteiger partial charge in [0.05, 0.1) is 6.61 Å². The number of ether oxygens (including phenoxy) is 1. The molecule has 102 valence electrons. The smallest absolute Gasteiger partial charge is 0.330 e. The Balaban J connectivity index is 1.76. The maximum absolute atomic E-state index is 11.5. The van der Waals surface area contributed by atoms with Gasteiger partial charge in [0.15, 0.2) is 0 Å². The number of rotatable bonds is 5. The molecule has 2 rings (SSSR count). The summed E-state index contributed by atoms with van der Waals surface area (Å²) in [6, 6.07) is 16.5. The van der Waals surface area contributed by atoms with E-state index in [2.05, 4.69) is 0 Å². The second-order valence-corrected chi connectivity index (χ2v) is 4.33. The number of benzene rings is 2. The summed E-state index contributed by atoms with van der Waals surface area (Å²) in [5, 5.41) is 9.14. The zero-order valence-corrected chi connectivity index (χ0v) is 11.0. The Morgan fingerprint density at radius 2 is 1.75 bits per heavy atom. The fraction of sp³-hybridized carbons (Fsp3) is 0.118. The number of aromatic hydroxyl groups is 1. The van der Waals surface area contributed by atoms with Crippen LogP contribution >= 0.6 is 0 Å². The summed E-state index contributed by atoms with van der Waals surface area (Å²) in [5.74, 6) is -0.165. The molecule has 0 amide bonds. The van der Waals surface area contributed by atoms with E-state index in [0.717, 1.165) is 11.1 Å². The third kappa shape index (κ3) is 4.61. The van der Waals surface area contributed by atoms with E-state index in [4.69, 9.17) is 9.84 Å². The molecule has 2 aromatic rings. The molecule has 0 aliphatic carbocycles. The van der Waals surface area contributed by atoms with Crippen LogP contribution in [0.4, 0.5) is 0 Å². The minimum absolute atomic E-state index is 0.201. The van der Waals surface area contributed by atoms with Crippen molar-refractivity contribution in [2.45, 2.75) is 6.42 Å². The highest BCUT2D eigenvalue weighted by Gasteiger charge is 1.98. The molecule has 0 aliphatic rings. The van der Waals surface area contributed by atoms with Crippen LogP contribution in [0.1, 0.15) is 11.1 Å². The van der Waals surface area contributed by atoms with Gasteiger partial charge in [-0.1, -0.05) is 42.5 Å². The van der Waals surface area contributed by atoms with E-state index in [9.17, 15) is 4.79 Å². The first kappa shape index (κ1) is 13.9. The van der Waals surface area contributed by atoms with Crippen LogP contribution in [-0.2, 0) is 16.0 Å². The van der Waals surface area contributed by atoms with Gasteiger partial charge in [0.2, 0.25) is 0 Å². The Kier molecular flexibility index (Phi) is 4.95. The molecule has 0 spiro atoms. The molecular formula is C17H16O3. The van der Waals surface area contributed by atoms with Gasteiger partial charge in [-0.25, -0.2) is 4.79 Å².